The Balaban J connectivity index is 1.28. The monoisotopic (exact) mass is 711 g/mol. The minimum absolute atomic E-state index is 0.160. The molecule has 4 heterocycles. The van der Waals surface area contributed by atoms with Crippen LogP contribution in [-0.2, 0) is 30.2 Å². The topological polar surface area (TPSA) is 22.1 Å². The number of halogens is 6. The van der Waals surface area contributed by atoms with Gasteiger partial charge in [-0.1, -0.05) is 72.8 Å². The van der Waals surface area contributed by atoms with Crippen LogP contribution in [-0.4, -0.2) is 28.6 Å². The zero-order valence-corrected chi connectivity index (χ0v) is 28.3. The number of piperidine rings is 3. The first kappa shape index (κ1) is 34.4. The molecule has 0 unspecified atom stereocenters. The van der Waals surface area contributed by atoms with E-state index in [1.165, 1.54) is 5.56 Å². The molecular weight excluding hydrogens is 674 g/mol. The predicted octanol–water partition coefficient (Wildman–Crippen LogP) is 11.4. The number of ether oxygens (including phenoxy) is 1. The molecule has 3 aliphatic rings. The van der Waals surface area contributed by atoms with E-state index in [0.717, 1.165) is 76.1 Å². The molecule has 3 nitrogen and oxygen atoms in total. The number of fused-ring (bicyclic) bond motifs is 6. The van der Waals surface area contributed by atoms with Crippen LogP contribution in [0.4, 0.5) is 26.3 Å². The van der Waals surface area contributed by atoms with Crippen molar-refractivity contribution in [3.8, 4) is 0 Å². The number of rotatable bonds is 8. The first-order valence-corrected chi connectivity index (χ1v) is 17.5. The summed E-state index contributed by atoms with van der Waals surface area (Å²) in [4.78, 5) is 4.57. The van der Waals surface area contributed by atoms with Gasteiger partial charge in [0.05, 0.1) is 36.3 Å². The van der Waals surface area contributed by atoms with Crippen molar-refractivity contribution in [3.05, 3.63) is 150 Å². The molecule has 3 aliphatic heterocycles. The lowest BCUT2D eigenvalue weighted by molar-refractivity contribution is -0.984. The minimum Gasteiger partial charge on any atom is -0.363 e. The van der Waals surface area contributed by atoms with Crippen molar-refractivity contribution in [1.29, 1.82) is 0 Å². The van der Waals surface area contributed by atoms with Crippen molar-refractivity contribution in [3.63, 3.8) is 0 Å². The summed E-state index contributed by atoms with van der Waals surface area (Å²) in [6.07, 6.45) is -5.09. The van der Waals surface area contributed by atoms with Gasteiger partial charge in [0, 0.05) is 35.9 Å². The highest BCUT2D eigenvalue weighted by Gasteiger charge is 2.55. The average molecular weight is 712 g/mol. The van der Waals surface area contributed by atoms with E-state index in [1.54, 1.807) is 6.20 Å². The summed E-state index contributed by atoms with van der Waals surface area (Å²) in [5.74, 6) is 0.565. The summed E-state index contributed by atoms with van der Waals surface area (Å²) in [5.41, 5.74) is -0.120. The smallest absolute Gasteiger partial charge is 0.363 e. The summed E-state index contributed by atoms with van der Waals surface area (Å²) < 4.78 is 90.7. The fourth-order valence-electron chi connectivity index (χ4n) is 9.02. The molecule has 9 rings (SSSR count). The highest BCUT2D eigenvalue weighted by Crippen LogP contribution is 2.50. The third kappa shape index (κ3) is 6.24. The number of hydrogen-bond acceptors (Lipinski definition) is 2. The van der Waals surface area contributed by atoms with Gasteiger partial charge in [-0.25, -0.2) is 0 Å². The van der Waals surface area contributed by atoms with Crippen molar-refractivity contribution >= 4 is 32.4 Å². The first-order valence-electron chi connectivity index (χ1n) is 17.5. The molecular formula is C43H37F6N2O+. The fourth-order valence-corrected chi connectivity index (χ4v) is 9.02. The van der Waals surface area contributed by atoms with Crippen LogP contribution in [0.25, 0.3) is 32.4 Å². The zero-order valence-electron chi connectivity index (χ0n) is 28.3. The van der Waals surface area contributed by atoms with E-state index in [1.807, 2.05) is 60.7 Å². The Morgan fingerprint density at radius 3 is 2.04 bits per heavy atom. The lowest BCUT2D eigenvalue weighted by atomic mass is 9.70. The normalized spacial score (nSPS) is 22.6. The summed E-state index contributed by atoms with van der Waals surface area (Å²) >= 11 is 0. The van der Waals surface area contributed by atoms with E-state index in [4.69, 9.17) is 4.74 Å². The van der Waals surface area contributed by atoms with Crippen molar-refractivity contribution in [2.45, 2.75) is 50.5 Å². The molecule has 52 heavy (non-hydrogen) atoms. The van der Waals surface area contributed by atoms with Crippen molar-refractivity contribution in [1.82, 2.24) is 4.98 Å². The fraction of sp³-hybridized carbons (Fsp3) is 0.279. The average Bonchev–Trinajstić information content (AvgIpc) is 3.14. The van der Waals surface area contributed by atoms with E-state index >= 15 is 0 Å². The van der Waals surface area contributed by atoms with Crippen LogP contribution in [0.1, 0.15) is 46.8 Å². The van der Waals surface area contributed by atoms with Gasteiger partial charge in [0.25, 0.3) is 0 Å². The van der Waals surface area contributed by atoms with Crippen LogP contribution >= 0.6 is 0 Å². The Morgan fingerprint density at radius 2 is 1.40 bits per heavy atom. The molecule has 1 aromatic heterocycles. The number of para-hydroxylation sites is 1. The number of hydrogen-bond donors (Lipinski definition) is 0. The number of pyridine rings is 1. The number of nitrogens with zero attached hydrogens (tertiary/aromatic N) is 2. The molecule has 0 radical (unpaired) electrons. The van der Waals surface area contributed by atoms with E-state index < -0.39 is 36.2 Å². The third-order valence-electron chi connectivity index (χ3n) is 11.4. The van der Waals surface area contributed by atoms with Gasteiger partial charge >= 0.3 is 12.4 Å². The summed E-state index contributed by atoms with van der Waals surface area (Å²) in [7, 11) is 0. The summed E-state index contributed by atoms with van der Waals surface area (Å²) in [5, 5.41) is 5.43. The molecule has 5 atom stereocenters. The second-order valence-electron chi connectivity index (χ2n) is 14.4. The Hall–Kier alpha value is -4.73. The van der Waals surface area contributed by atoms with E-state index in [9.17, 15) is 26.3 Å². The molecule has 0 spiro atoms. The van der Waals surface area contributed by atoms with Gasteiger partial charge in [-0.15, -0.1) is 6.58 Å². The number of quaternary nitrogens is 1. The summed E-state index contributed by atoms with van der Waals surface area (Å²) in [6, 6.07) is 30.0. The maximum Gasteiger partial charge on any atom is 0.416 e. The van der Waals surface area contributed by atoms with E-state index in [-0.39, 0.29) is 23.6 Å². The molecule has 0 aliphatic carbocycles. The highest BCUT2D eigenvalue weighted by atomic mass is 19.4. The van der Waals surface area contributed by atoms with Crippen LogP contribution < -0.4 is 0 Å². The second-order valence-corrected chi connectivity index (χ2v) is 14.4. The van der Waals surface area contributed by atoms with Gasteiger partial charge in [-0.2, -0.15) is 26.3 Å². The molecule has 9 heteroatoms. The quantitative estimate of drug-likeness (QED) is 0.0679. The predicted molar refractivity (Wildman–Crippen MR) is 191 cm³/mol. The van der Waals surface area contributed by atoms with Crippen LogP contribution in [0.2, 0.25) is 0 Å². The Bertz CT molecular complexity index is 2210. The standard InChI is InChI=1S/C43H37F6N2O/c1-2-28-24-51(25-38-34-11-5-3-9-30(34)21-31-10-4-6-12-35(31)38)18-16-29(28)22-40(51)41(37-15-17-50-39-14-8-7-13-36(37)39)52-26-27-19-32(42(44,45)46)23-33(20-27)43(47,48)49/h2-15,17,19-21,23,28-29,40-41H,1,16,18,22,24-26H2/q+1/t28-,29-,40-,41+,51-/m0/s1. The van der Waals surface area contributed by atoms with Gasteiger partial charge < -0.3 is 9.22 Å². The molecule has 3 fully saturated rings. The molecule has 0 N–H and O–H groups in total. The lowest BCUT2D eigenvalue weighted by Gasteiger charge is -2.58. The van der Waals surface area contributed by atoms with Crippen LogP contribution in [0.3, 0.4) is 0 Å². The molecule has 0 amide bonds. The largest absolute Gasteiger partial charge is 0.416 e. The highest BCUT2D eigenvalue weighted by molar-refractivity contribution is 6.02. The van der Waals surface area contributed by atoms with E-state index in [0.29, 0.717) is 16.9 Å². The van der Waals surface area contributed by atoms with Crippen LogP contribution in [0.15, 0.2) is 122 Å². The lowest BCUT2D eigenvalue weighted by Crippen LogP contribution is -2.67. The van der Waals surface area contributed by atoms with Crippen LogP contribution in [0, 0.1) is 11.8 Å². The Morgan fingerprint density at radius 1 is 0.788 bits per heavy atom. The number of benzene rings is 5. The van der Waals surface area contributed by atoms with Gasteiger partial charge in [-0.3, -0.25) is 4.98 Å². The maximum atomic E-state index is 13.9. The van der Waals surface area contributed by atoms with Gasteiger partial charge in [0.15, 0.2) is 0 Å². The Labute approximate surface area is 297 Å². The second kappa shape index (κ2) is 13.0. The van der Waals surface area contributed by atoms with Crippen molar-refractivity contribution in [2.75, 3.05) is 13.1 Å². The van der Waals surface area contributed by atoms with Crippen LogP contribution in [0.5, 0.6) is 0 Å². The SMILES string of the molecule is C=C[C@H]1C[N@+]2(Cc3c4ccccc4cc4ccccc34)CC[C@H]1C[C@H]2[C@H](OCc1cc(C(F)(F)F)cc(C(F)(F)F)c1)c1ccnc2ccccc12. The van der Waals surface area contributed by atoms with Gasteiger partial charge in [0.2, 0.25) is 0 Å². The maximum absolute atomic E-state index is 13.9. The van der Waals surface area contributed by atoms with Crippen molar-refractivity contribution < 1.29 is 35.6 Å². The molecule has 0 saturated carbocycles. The molecule has 266 valence electrons. The zero-order chi connectivity index (χ0) is 36.3. The minimum atomic E-state index is -4.96. The summed E-state index contributed by atoms with van der Waals surface area (Å²) in [6.45, 7) is 6.09. The molecule has 2 bridgehead atoms. The number of aromatic nitrogens is 1. The first-order chi connectivity index (χ1) is 24.9. The Kier molecular flexibility index (Phi) is 8.62. The molecule has 3 saturated heterocycles. The molecule has 5 aromatic carbocycles. The molecule has 6 aromatic rings. The van der Waals surface area contributed by atoms with E-state index in [2.05, 4.69) is 41.9 Å². The third-order valence-corrected chi connectivity index (χ3v) is 11.4. The number of alkyl halides is 6. The van der Waals surface area contributed by atoms with Gasteiger partial charge in [0.1, 0.15) is 18.7 Å². The van der Waals surface area contributed by atoms with Crippen molar-refractivity contribution in [2.24, 2.45) is 11.8 Å². The van der Waals surface area contributed by atoms with Gasteiger partial charge in [-0.05, 0) is 75.0 Å².